The van der Waals surface area contributed by atoms with Crippen LogP contribution in [0.5, 0.6) is 5.75 Å². The summed E-state index contributed by atoms with van der Waals surface area (Å²) in [6, 6.07) is 5.40. The van der Waals surface area contributed by atoms with E-state index in [1.807, 2.05) is 19.9 Å². The smallest absolute Gasteiger partial charge is 0.279 e. The van der Waals surface area contributed by atoms with Crippen LogP contribution in [0.15, 0.2) is 29.3 Å². The minimum absolute atomic E-state index is 0.00555. The normalized spacial score (nSPS) is 13.7. The Labute approximate surface area is 136 Å². The first-order valence-electron chi connectivity index (χ1n) is 7.57. The molecule has 3 heterocycles. The molecule has 0 unspecified atom stereocenters. The number of hydrogen-bond acceptors (Lipinski definition) is 5. The van der Waals surface area contributed by atoms with Crippen molar-refractivity contribution in [2.24, 2.45) is 0 Å². The summed E-state index contributed by atoms with van der Waals surface area (Å²) in [5.74, 6) is 0.765. The number of amides is 1. The van der Waals surface area contributed by atoms with Gasteiger partial charge in [-0.2, -0.15) is 14.6 Å². The van der Waals surface area contributed by atoms with Crippen LogP contribution in [0.4, 0.5) is 5.69 Å². The molecular weight excluding hydrogens is 310 g/mol. The van der Waals surface area contributed by atoms with Gasteiger partial charge in [0.2, 0.25) is 5.78 Å². The van der Waals surface area contributed by atoms with Crippen LogP contribution in [0.25, 0.3) is 17.0 Å². The maximum Gasteiger partial charge on any atom is 0.279 e. The number of anilines is 1. The van der Waals surface area contributed by atoms with Crippen LogP contribution < -0.4 is 15.6 Å². The quantitative estimate of drug-likeness (QED) is 0.744. The zero-order valence-electron chi connectivity index (χ0n) is 13.2. The molecule has 122 valence electrons. The zero-order valence-corrected chi connectivity index (χ0v) is 13.2. The van der Waals surface area contributed by atoms with Crippen molar-refractivity contribution in [3.63, 3.8) is 0 Å². The largest absolute Gasteiger partial charge is 0.482 e. The van der Waals surface area contributed by atoms with Crippen LogP contribution in [0.2, 0.25) is 0 Å². The highest BCUT2D eigenvalue weighted by Gasteiger charge is 2.21. The van der Waals surface area contributed by atoms with Crippen molar-refractivity contribution in [1.29, 1.82) is 0 Å². The predicted molar refractivity (Wildman–Crippen MR) is 87.3 cm³/mol. The summed E-state index contributed by atoms with van der Waals surface area (Å²) in [5.41, 5.74) is 2.51. The maximum absolute atomic E-state index is 12.7. The van der Waals surface area contributed by atoms with Gasteiger partial charge in [-0.05, 0) is 18.1 Å². The van der Waals surface area contributed by atoms with Crippen molar-refractivity contribution in [1.82, 2.24) is 19.6 Å². The number of nitrogens with one attached hydrogen (secondary N) is 2. The minimum Gasteiger partial charge on any atom is -0.482 e. The van der Waals surface area contributed by atoms with Gasteiger partial charge in [0.05, 0.1) is 11.4 Å². The molecule has 24 heavy (non-hydrogen) atoms. The lowest BCUT2D eigenvalue weighted by Crippen LogP contribution is -2.25. The number of H-pyrrole nitrogens is 1. The molecule has 1 aliphatic heterocycles. The van der Waals surface area contributed by atoms with E-state index in [0.29, 0.717) is 28.5 Å². The molecule has 3 aromatic rings. The average Bonchev–Trinajstić information content (AvgIpc) is 3.02. The second-order valence-electron chi connectivity index (χ2n) is 5.92. The van der Waals surface area contributed by atoms with E-state index in [9.17, 15) is 9.59 Å². The summed E-state index contributed by atoms with van der Waals surface area (Å²) >= 11 is 0. The molecule has 4 rings (SSSR count). The van der Waals surface area contributed by atoms with E-state index in [4.69, 9.17) is 4.74 Å². The highest BCUT2D eigenvalue weighted by molar-refractivity contribution is 5.95. The standard InChI is InChI=1S/C16H15N5O3/c1-8(2)13-14(20-16-17-7-18-21(16)15(13)23)9-3-4-10-11(5-9)24-6-12(22)19-10/h3-5,7-8H,6H2,1-2H3,(H,19,22)(H,17,18,20). The summed E-state index contributed by atoms with van der Waals surface area (Å²) in [7, 11) is 0. The Morgan fingerprint density at radius 1 is 1.29 bits per heavy atom. The maximum atomic E-state index is 12.7. The van der Waals surface area contributed by atoms with E-state index >= 15 is 0 Å². The lowest BCUT2D eigenvalue weighted by molar-refractivity contribution is -0.118. The van der Waals surface area contributed by atoms with Gasteiger partial charge in [0.25, 0.3) is 11.5 Å². The third-order valence-corrected chi connectivity index (χ3v) is 3.96. The molecule has 0 fully saturated rings. The van der Waals surface area contributed by atoms with Gasteiger partial charge >= 0.3 is 0 Å². The molecule has 0 atom stereocenters. The second-order valence-corrected chi connectivity index (χ2v) is 5.92. The second kappa shape index (κ2) is 5.19. The Bertz CT molecular complexity index is 1020. The fourth-order valence-electron chi connectivity index (χ4n) is 2.87. The topological polar surface area (TPSA) is 101 Å². The number of hydrogen-bond donors (Lipinski definition) is 2. The van der Waals surface area contributed by atoms with Gasteiger partial charge in [0, 0.05) is 11.1 Å². The Morgan fingerprint density at radius 3 is 2.92 bits per heavy atom. The van der Waals surface area contributed by atoms with Crippen molar-refractivity contribution >= 4 is 17.4 Å². The molecule has 1 aromatic carbocycles. The van der Waals surface area contributed by atoms with Gasteiger partial charge in [-0.1, -0.05) is 19.9 Å². The van der Waals surface area contributed by atoms with E-state index in [0.717, 1.165) is 5.56 Å². The number of carbonyl (C=O) groups is 1. The molecule has 0 saturated carbocycles. The van der Waals surface area contributed by atoms with Crippen LogP contribution >= 0.6 is 0 Å². The Morgan fingerprint density at radius 2 is 2.12 bits per heavy atom. The lowest BCUT2D eigenvalue weighted by atomic mass is 9.98. The lowest BCUT2D eigenvalue weighted by Gasteiger charge is -2.19. The molecule has 0 bridgehead atoms. The van der Waals surface area contributed by atoms with E-state index in [1.165, 1.54) is 10.8 Å². The van der Waals surface area contributed by atoms with Crippen molar-refractivity contribution in [2.75, 3.05) is 11.9 Å². The fraction of sp³-hybridized carbons (Fsp3) is 0.250. The van der Waals surface area contributed by atoms with Gasteiger partial charge in [0.15, 0.2) is 6.61 Å². The molecule has 2 N–H and O–H groups in total. The molecule has 8 nitrogen and oxygen atoms in total. The molecular formula is C16H15N5O3. The number of fused-ring (bicyclic) bond motifs is 2. The van der Waals surface area contributed by atoms with Crippen molar-refractivity contribution in [2.45, 2.75) is 19.8 Å². The number of benzene rings is 1. The monoisotopic (exact) mass is 325 g/mol. The van der Waals surface area contributed by atoms with Crippen LogP contribution in [-0.4, -0.2) is 32.1 Å². The molecule has 2 aromatic heterocycles. The molecule has 8 heteroatoms. The number of nitrogens with zero attached hydrogens (tertiary/aromatic N) is 3. The van der Waals surface area contributed by atoms with Crippen LogP contribution in [0.3, 0.4) is 0 Å². The summed E-state index contributed by atoms with van der Waals surface area (Å²) in [6.45, 7) is 3.88. The third-order valence-electron chi connectivity index (χ3n) is 3.96. The van der Waals surface area contributed by atoms with E-state index in [-0.39, 0.29) is 24.0 Å². The summed E-state index contributed by atoms with van der Waals surface area (Å²) in [5, 5.41) is 6.71. The first-order valence-corrected chi connectivity index (χ1v) is 7.57. The Hall–Kier alpha value is -3.16. The number of aromatic nitrogens is 4. The Kier molecular flexibility index (Phi) is 3.12. The molecule has 0 radical (unpaired) electrons. The molecule has 0 spiro atoms. The fourth-order valence-corrected chi connectivity index (χ4v) is 2.87. The van der Waals surface area contributed by atoms with Gasteiger partial charge in [0.1, 0.15) is 12.1 Å². The predicted octanol–water partition coefficient (Wildman–Crippen LogP) is 1.54. The van der Waals surface area contributed by atoms with Gasteiger partial charge < -0.3 is 15.0 Å². The highest BCUT2D eigenvalue weighted by Crippen LogP contribution is 2.34. The van der Waals surface area contributed by atoms with Crippen LogP contribution in [-0.2, 0) is 4.79 Å². The molecule has 0 saturated heterocycles. The van der Waals surface area contributed by atoms with E-state index in [1.54, 1.807) is 12.1 Å². The number of ether oxygens (including phenoxy) is 1. The first-order chi connectivity index (χ1) is 11.5. The molecule has 1 amide bonds. The average molecular weight is 325 g/mol. The number of carbonyl (C=O) groups excluding carboxylic acids is 1. The number of aromatic amines is 1. The minimum atomic E-state index is -0.196. The first kappa shape index (κ1) is 14.4. The van der Waals surface area contributed by atoms with Crippen molar-refractivity contribution < 1.29 is 9.53 Å². The van der Waals surface area contributed by atoms with Crippen molar-refractivity contribution in [3.05, 3.63) is 40.4 Å². The van der Waals surface area contributed by atoms with Crippen LogP contribution in [0, 0.1) is 0 Å². The molecule has 0 aliphatic carbocycles. The summed E-state index contributed by atoms with van der Waals surface area (Å²) < 4.78 is 6.72. The van der Waals surface area contributed by atoms with Gasteiger partial charge in [-0.25, -0.2) is 0 Å². The van der Waals surface area contributed by atoms with E-state index in [2.05, 4.69) is 20.4 Å². The van der Waals surface area contributed by atoms with Crippen LogP contribution in [0.1, 0.15) is 25.3 Å². The zero-order chi connectivity index (χ0) is 16.8. The van der Waals surface area contributed by atoms with Crippen molar-refractivity contribution in [3.8, 4) is 17.0 Å². The summed E-state index contributed by atoms with van der Waals surface area (Å²) in [4.78, 5) is 31.3. The Balaban J connectivity index is 1.94. The van der Waals surface area contributed by atoms with Gasteiger partial charge in [-0.3, -0.25) is 9.59 Å². The SMILES string of the molecule is CC(C)c1c(-c2ccc3c(c2)OCC(=O)N3)[nH]c2ncnn2c1=O. The third kappa shape index (κ3) is 2.15. The summed E-state index contributed by atoms with van der Waals surface area (Å²) in [6.07, 6.45) is 1.34. The van der Waals surface area contributed by atoms with Gasteiger partial charge in [-0.15, -0.1) is 0 Å². The number of rotatable bonds is 2. The van der Waals surface area contributed by atoms with E-state index < -0.39 is 0 Å². The molecule has 1 aliphatic rings. The highest BCUT2D eigenvalue weighted by atomic mass is 16.5.